The molecular weight excluding hydrogens is 253 g/mol. The van der Waals surface area contributed by atoms with E-state index in [-0.39, 0.29) is 12.4 Å². The minimum absolute atomic E-state index is 0. The molecule has 0 saturated heterocycles. The van der Waals surface area contributed by atoms with Crippen molar-refractivity contribution in [2.45, 2.75) is 24.8 Å². The Balaban J connectivity index is 0.00000108. The van der Waals surface area contributed by atoms with Crippen LogP contribution in [-0.2, 0) is 6.42 Å². The van der Waals surface area contributed by atoms with Gasteiger partial charge in [0.25, 0.3) is 0 Å². The van der Waals surface area contributed by atoms with E-state index in [0.29, 0.717) is 17.9 Å². The van der Waals surface area contributed by atoms with E-state index in [9.17, 15) is 0 Å². The zero-order chi connectivity index (χ0) is 11.1. The molecule has 0 heterocycles. The maximum absolute atomic E-state index is 6.07. The molecule has 0 unspecified atom stereocenters. The topological polar surface area (TPSA) is 12.0 Å². The molecule has 0 spiro atoms. The molecule has 3 heteroatoms. The fourth-order valence-electron chi connectivity index (χ4n) is 3.26. The van der Waals surface area contributed by atoms with Gasteiger partial charge in [0.15, 0.2) is 0 Å². The fraction of sp³-hybridized carbons (Fsp3) is 0.429. The maximum atomic E-state index is 6.07. The normalized spacial score (nSPS) is 29.4. The minimum Gasteiger partial charge on any atom is -1.00 e. The van der Waals surface area contributed by atoms with Crippen molar-refractivity contribution >= 4 is 11.6 Å². The molecule has 1 nitrogen and oxygen atoms in total. The number of benzene rings is 1. The molecule has 1 aromatic rings. The van der Waals surface area contributed by atoms with Crippen molar-refractivity contribution in [3.8, 4) is 0 Å². The molecule has 2 bridgehead atoms. The Labute approximate surface area is 114 Å². The van der Waals surface area contributed by atoms with E-state index in [1.54, 1.807) is 0 Å². The smallest absolute Gasteiger partial charge is 0.0408 e. The van der Waals surface area contributed by atoms with Gasteiger partial charge in [0.1, 0.15) is 0 Å². The molecule has 0 aromatic heterocycles. The van der Waals surface area contributed by atoms with Gasteiger partial charge in [-0.25, -0.2) is 0 Å². The predicted molar refractivity (Wildman–Crippen MR) is 68.0 cm³/mol. The van der Waals surface area contributed by atoms with E-state index in [1.165, 1.54) is 11.1 Å². The summed E-state index contributed by atoms with van der Waals surface area (Å²) in [4.78, 5) is 0. The summed E-state index contributed by atoms with van der Waals surface area (Å²) < 4.78 is 0. The number of likely N-dealkylation sites (N-methyl/N-ethyl adjacent to an activating group) is 1. The summed E-state index contributed by atoms with van der Waals surface area (Å²) in [6.07, 6.45) is 6.97. The molecule has 0 amide bonds. The van der Waals surface area contributed by atoms with Crippen molar-refractivity contribution in [3.05, 3.63) is 46.5 Å². The zero-order valence-corrected chi connectivity index (χ0v) is 11.3. The van der Waals surface area contributed by atoms with Crippen LogP contribution in [0.3, 0.4) is 0 Å². The van der Waals surface area contributed by atoms with Crippen LogP contribution in [0.4, 0.5) is 0 Å². The molecule has 17 heavy (non-hydrogen) atoms. The molecule has 2 aliphatic rings. The average molecular weight is 269 g/mol. The van der Waals surface area contributed by atoms with Crippen LogP contribution >= 0.6 is 11.6 Å². The van der Waals surface area contributed by atoms with Crippen molar-refractivity contribution in [2.75, 3.05) is 7.05 Å². The van der Waals surface area contributed by atoms with E-state index in [2.05, 4.69) is 36.6 Å². The number of allylic oxidation sites excluding steroid dienone is 1. The third-order valence-electron chi connectivity index (χ3n) is 3.96. The number of nitrogens with one attached hydrogen (secondary N) is 1. The number of halogens is 2. The number of hydrogen-bond acceptors (Lipinski definition) is 1. The highest BCUT2D eigenvalue weighted by molar-refractivity contribution is 6.30. The summed E-state index contributed by atoms with van der Waals surface area (Å²) >= 11 is 6.07. The standard InChI is InChI=1S/C14H16ClN.ClH/c1-16-14-9-3-2-4-13(14)12-6-5-11(15)8-10(12)7-9;/h2-3,5-6,8-9,13-14,16H,4,7H2,1H3;1H/p-1/t9-,13-,14+;/m1./s1. The Kier molecular flexibility index (Phi) is 3.82. The van der Waals surface area contributed by atoms with Gasteiger partial charge < -0.3 is 17.7 Å². The molecule has 0 radical (unpaired) electrons. The summed E-state index contributed by atoms with van der Waals surface area (Å²) in [5, 5.41) is 4.34. The second-order valence-electron chi connectivity index (χ2n) is 4.80. The third kappa shape index (κ3) is 2.12. The minimum atomic E-state index is 0. The molecule has 1 N–H and O–H groups in total. The first-order chi connectivity index (χ1) is 7.79. The fourth-order valence-corrected chi connectivity index (χ4v) is 3.46. The molecular formula is C14H16Cl2N-. The largest absolute Gasteiger partial charge is 1.00 e. The Morgan fingerprint density at radius 3 is 2.94 bits per heavy atom. The number of rotatable bonds is 1. The molecule has 92 valence electrons. The van der Waals surface area contributed by atoms with Gasteiger partial charge in [0.2, 0.25) is 0 Å². The first-order valence-corrected chi connectivity index (χ1v) is 6.29. The second-order valence-corrected chi connectivity index (χ2v) is 5.23. The van der Waals surface area contributed by atoms with Gasteiger partial charge in [0, 0.05) is 17.0 Å². The van der Waals surface area contributed by atoms with Crippen molar-refractivity contribution in [1.82, 2.24) is 5.32 Å². The summed E-state index contributed by atoms with van der Waals surface area (Å²) in [6.45, 7) is 0. The maximum Gasteiger partial charge on any atom is 0.0408 e. The number of hydrogen-bond donors (Lipinski definition) is 1. The van der Waals surface area contributed by atoms with Crippen LogP contribution in [0, 0.1) is 5.92 Å². The molecule has 0 fully saturated rings. The first-order valence-electron chi connectivity index (χ1n) is 5.92. The first kappa shape index (κ1) is 12.9. The van der Waals surface area contributed by atoms with E-state index >= 15 is 0 Å². The van der Waals surface area contributed by atoms with Gasteiger partial charge in [-0.3, -0.25) is 0 Å². The highest BCUT2D eigenvalue weighted by atomic mass is 35.5. The van der Waals surface area contributed by atoms with Crippen LogP contribution < -0.4 is 17.7 Å². The van der Waals surface area contributed by atoms with Crippen LogP contribution in [0.15, 0.2) is 30.4 Å². The van der Waals surface area contributed by atoms with E-state index in [0.717, 1.165) is 17.9 Å². The molecule has 1 aromatic carbocycles. The summed E-state index contributed by atoms with van der Waals surface area (Å²) in [6, 6.07) is 6.97. The Morgan fingerprint density at radius 1 is 1.35 bits per heavy atom. The van der Waals surface area contributed by atoms with Crippen LogP contribution in [0.2, 0.25) is 5.02 Å². The van der Waals surface area contributed by atoms with Gasteiger partial charge in [-0.2, -0.15) is 0 Å². The quantitative estimate of drug-likeness (QED) is 0.716. The van der Waals surface area contributed by atoms with E-state index in [4.69, 9.17) is 11.6 Å². The molecule has 0 aliphatic heterocycles. The third-order valence-corrected chi connectivity index (χ3v) is 4.20. The van der Waals surface area contributed by atoms with E-state index < -0.39 is 0 Å². The predicted octanol–water partition coefficient (Wildman–Crippen LogP) is 0.148. The molecule has 2 aliphatic carbocycles. The van der Waals surface area contributed by atoms with Gasteiger partial charge in [-0.05, 0) is 49.1 Å². The molecule has 3 rings (SSSR count). The lowest BCUT2D eigenvalue weighted by Gasteiger charge is -2.40. The molecule has 0 saturated carbocycles. The number of fused-ring (bicyclic) bond motifs is 4. The van der Waals surface area contributed by atoms with Gasteiger partial charge in [0.05, 0.1) is 0 Å². The monoisotopic (exact) mass is 268 g/mol. The lowest BCUT2D eigenvalue weighted by molar-refractivity contribution is -0.00000314. The van der Waals surface area contributed by atoms with Crippen molar-refractivity contribution in [1.29, 1.82) is 0 Å². The lowest BCUT2D eigenvalue weighted by Crippen LogP contribution is -3.00. The SMILES string of the molecule is CN[C@H]1[C@@H]2C=CC[C@@H]1c1ccc(Cl)cc1C2.[Cl-]. The Morgan fingerprint density at radius 2 is 2.18 bits per heavy atom. The second kappa shape index (κ2) is 5.01. The van der Waals surface area contributed by atoms with Gasteiger partial charge >= 0.3 is 0 Å². The van der Waals surface area contributed by atoms with Crippen LogP contribution in [0.25, 0.3) is 0 Å². The molecule has 3 atom stereocenters. The highest BCUT2D eigenvalue weighted by Gasteiger charge is 2.35. The lowest BCUT2D eigenvalue weighted by atomic mass is 9.69. The van der Waals surface area contributed by atoms with Crippen LogP contribution in [0.5, 0.6) is 0 Å². The Hall–Kier alpha value is -0.500. The van der Waals surface area contributed by atoms with Gasteiger partial charge in [-0.1, -0.05) is 29.8 Å². The average Bonchev–Trinajstić information content (AvgIpc) is 2.28. The summed E-state index contributed by atoms with van der Waals surface area (Å²) in [5.41, 5.74) is 2.93. The van der Waals surface area contributed by atoms with Crippen molar-refractivity contribution in [3.63, 3.8) is 0 Å². The summed E-state index contributed by atoms with van der Waals surface area (Å²) in [7, 11) is 2.07. The highest BCUT2D eigenvalue weighted by Crippen LogP contribution is 2.41. The van der Waals surface area contributed by atoms with Crippen molar-refractivity contribution in [2.24, 2.45) is 5.92 Å². The summed E-state index contributed by atoms with van der Waals surface area (Å²) in [5.74, 6) is 1.26. The van der Waals surface area contributed by atoms with Crippen LogP contribution in [0.1, 0.15) is 23.5 Å². The van der Waals surface area contributed by atoms with Crippen molar-refractivity contribution < 1.29 is 12.4 Å². The van der Waals surface area contributed by atoms with Crippen LogP contribution in [-0.4, -0.2) is 13.1 Å². The van der Waals surface area contributed by atoms with E-state index in [1.807, 2.05) is 6.07 Å². The Bertz CT molecular complexity index is 442. The van der Waals surface area contributed by atoms with Gasteiger partial charge in [-0.15, -0.1) is 0 Å². The zero-order valence-electron chi connectivity index (χ0n) is 9.79.